The Morgan fingerprint density at radius 3 is 2.71 bits per heavy atom. The van der Waals surface area contributed by atoms with Gasteiger partial charge in [-0.25, -0.2) is 0 Å². The number of rotatable bonds is 5. The second kappa shape index (κ2) is 6.44. The largest absolute Gasteiger partial charge is 0.493 e. The molecule has 0 aliphatic heterocycles. The SMILES string of the molecule is O=C(CCOc1ccccc1)NC1CCc2ccccc21. The fourth-order valence-electron chi connectivity index (χ4n) is 2.75. The van der Waals surface area contributed by atoms with Crippen molar-refractivity contribution in [2.24, 2.45) is 0 Å². The Kier molecular flexibility index (Phi) is 4.20. The fourth-order valence-corrected chi connectivity index (χ4v) is 2.75. The van der Waals surface area contributed by atoms with Crippen LogP contribution in [0.1, 0.15) is 30.0 Å². The zero-order valence-corrected chi connectivity index (χ0v) is 11.9. The summed E-state index contributed by atoms with van der Waals surface area (Å²) in [7, 11) is 0. The van der Waals surface area contributed by atoms with E-state index in [4.69, 9.17) is 4.74 Å². The van der Waals surface area contributed by atoms with Crippen molar-refractivity contribution < 1.29 is 9.53 Å². The van der Waals surface area contributed by atoms with Crippen LogP contribution >= 0.6 is 0 Å². The molecule has 0 saturated heterocycles. The first-order valence-corrected chi connectivity index (χ1v) is 7.38. The zero-order chi connectivity index (χ0) is 14.5. The zero-order valence-electron chi connectivity index (χ0n) is 11.9. The molecule has 0 spiro atoms. The minimum atomic E-state index is 0.0487. The number of hydrogen-bond donors (Lipinski definition) is 1. The van der Waals surface area contributed by atoms with Crippen LogP contribution < -0.4 is 10.1 Å². The lowest BCUT2D eigenvalue weighted by Crippen LogP contribution is -2.28. The third-order valence-corrected chi connectivity index (χ3v) is 3.81. The Balaban J connectivity index is 1.47. The number of benzene rings is 2. The number of aryl methyl sites for hydroxylation is 1. The summed E-state index contributed by atoms with van der Waals surface area (Å²) in [5, 5.41) is 3.10. The van der Waals surface area contributed by atoms with Crippen molar-refractivity contribution >= 4 is 5.91 Å². The monoisotopic (exact) mass is 281 g/mol. The maximum absolute atomic E-state index is 12.0. The lowest BCUT2D eigenvalue weighted by molar-refractivity contribution is -0.122. The van der Waals surface area contributed by atoms with Crippen molar-refractivity contribution in [1.29, 1.82) is 0 Å². The number of hydrogen-bond acceptors (Lipinski definition) is 2. The van der Waals surface area contributed by atoms with Gasteiger partial charge in [0.15, 0.2) is 0 Å². The second-order valence-electron chi connectivity index (χ2n) is 5.27. The first-order chi connectivity index (χ1) is 10.3. The molecular formula is C18H19NO2. The molecule has 1 aliphatic rings. The Hall–Kier alpha value is -2.29. The maximum atomic E-state index is 12.0. The number of carbonyl (C=O) groups is 1. The summed E-state index contributed by atoms with van der Waals surface area (Å²) in [6.07, 6.45) is 2.42. The van der Waals surface area contributed by atoms with Crippen LogP contribution in [0.25, 0.3) is 0 Å². The van der Waals surface area contributed by atoms with Crippen LogP contribution in [0.3, 0.4) is 0 Å². The standard InChI is InChI=1S/C18H19NO2/c20-18(12-13-21-15-7-2-1-3-8-15)19-17-11-10-14-6-4-5-9-16(14)17/h1-9,17H,10-13H2,(H,19,20). The third kappa shape index (κ3) is 3.43. The number of amides is 1. The van der Waals surface area contributed by atoms with Gasteiger partial charge in [-0.3, -0.25) is 4.79 Å². The van der Waals surface area contributed by atoms with E-state index in [0.29, 0.717) is 13.0 Å². The van der Waals surface area contributed by atoms with Crippen molar-refractivity contribution in [2.45, 2.75) is 25.3 Å². The molecule has 0 heterocycles. The molecule has 1 atom stereocenters. The number of para-hydroxylation sites is 1. The molecule has 1 N–H and O–H groups in total. The normalized spacial score (nSPS) is 16.3. The number of nitrogens with one attached hydrogen (secondary N) is 1. The van der Waals surface area contributed by atoms with E-state index < -0.39 is 0 Å². The predicted molar refractivity (Wildman–Crippen MR) is 82.2 cm³/mol. The van der Waals surface area contributed by atoms with Gasteiger partial charge in [0.1, 0.15) is 5.75 Å². The first-order valence-electron chi connectivity index (χ1n) is 7.38. The molecule has 0 saturated carbocycles. The average molecular weight is 281 g/mol. The van der Waals surface area contributed by atoms with Crippen LogP contribution in [-0.4, -0.2) is 12.5 Å². The average Bonchev–Trinajstić information content (AvgIpc) is 2.92. The molecule has 1 aliphatic carbocycles. The van der Waals surface area contributed by atoms with Crippen LogP contribution in [0.2, 0.25) is 0 Å². The van der Waals surface area contributed by atoms with Gasteiger partial charge in [-0.05, 0) is 36.1 Å². The summed E-state index contributed by atoms with van der Waals surface area (Å²) >= 11 is 0. The Labute approximate surface area is 124 Å². The highest BCUT2D eigenvalue weighted by molar-refractivity contribution is 5.76. The second-order valence-corrected chi connectivity index (χ2v) is 5.27. The van der Waals surface area contributed by atoms with Crippen molar-refractivity contribution in [1.82, 2.24) is 5.32 Å². The van der Waals surface area contributed by atoms with E-state index in [1.807, 2.05) is 36.4 Å². The first kappa shape index (κ1) is 13.7. The molecule has 0 fully saturated rings. The molecule has 3 heteroatoms. The molecule has 108 valence electrons. The molecule has 21 heavy (non-hydrogen) atoms. The van der Waals surface area contributed by atoms with Crippen LogP contribution in [-0.2, 0) is 11.2 Å². The topological polar surface area (TPSA) is 38.3 Å². The Morgan fingerprint density at radius 2 is 1.86 bits per heavy atom. The van der Waals surface area contributed by atoms with E-state index in [1.54, 1.807) is 0 Å². The summed E-state index contributed by atoms with van der Waals surface area (Å²) in [5.74, 6) is 0.851. The van der Waals surface area contributed by atoms with Gasteiger partial charge in [-0.2, -0.15) is 0 Å². The molecule has 3 nitrogen and oxygen atoms in total. The highest BCUT2D eigenvalue weighted by Crippen LogP contribution is 2.30. The van der Waals surface area contributed by atoms with Crippen LogP contribution in [0.5, 0.6) is 5.75 Å². The summed E-state index contributed by atoms with van der Waals surface area (Å²) in [5.41, 5.74) is 2.61. The summed E-state index contributed by atoms with van der Waals surface area (Å²) < 4.78 is 5.55. The molecule has 0 bridgehead atoms. The van der Waals surface area contributed by atoms with Gasteiger partial charge in [0.25, 0.3) is 0 Å². The Morgan fingerprint density at radius 1 is 1.10 bits per heavy atom. The minimum absolute atomic E-state index is 0.0487. The van der Waals surface area contributed by atoms with Gasteiger partial charge in [-0.1, -0.05) is 42.5 Å². The molecule has 2 aromatic rings. The molecule has 1 unspecified atom stereocenters. The van der Waals surface area contributed by atoms with Crippen molar-refractivity contribution in [2.75, 3.05) is 6.61 Å². The van der Waals surface area contributed by atoms with E-state index in [-0.39, 0.29) is 11.9 Å². The van der Waals surface area contributed by atoms with Gasteiger partial charge in [0, 0.05) is 0 Å². The number of carbonyl (C=O) groups excluding carboxylic acids is 1. The smallest absolute Gasteiger partial charge is 0.223 e. The quantitative estimate of drug-likeness (QED) is 0.913. The van der Waals surface area contributed by atoms with Crippen LogP contribution in [0, 0.1) is 0 Å². The van der Waals surface area contributed by atoms with Crippen molar-refractivity contribution in [3.8, 4) is 5.75 Å². The number of ether oxygens (including phenoxy) is 1. The predicted octanol–water partition coefficient (Wildman–Crippen LogP) is 3.26. The molecule has 1 amide bonds. The highest BCUT2D eigenvalue weighted by atomic mass is 16.5. The number of fused-ring (bicyclic) bond motifs is 1. The van der Waals surface area contributed by atoms with E-state index in [1.165, 1.54) is 11.1 Å². The third-order valence-electron chi connectivity index (χ3n) is 3.81. The molecule has 0 radical (unpaired) electrons. The van der Waals surface area contributed by atoms with E-state index >= 15 is 0 Å². The lowest BCUT2D eigenvalue weighted by atomic mass is 10.1. The summed E-state index contributed by atoms with van der Waals surface area (Å²) in [6, 6.07) is 18.1. The molecular weight excluding hydrogens is 262 g/mol. The van der Waals surface area contributed by atoms with Gasteiger partial charge in [0.2, 0.25) is 5.91 Å². The maximum Gasteiger partial charge on any atom is 0.223 e. The van der Waals surface area contributed by atoms with E-state index in [0.717, 1.165) is 18.6 Å². The van der Waals surface area contributed by atoms with Crippen molar-refractivity contribution in [3.63, 3.8) is 0 Å². The Bertz CT molecular complexity index is 610. The fraction of sp³-hybridized carbons (Fsp3) is 0.278. The summed E-state index contributed by atoms with van der Waals surface area (Å²) in [6.45, 7) is 0.407. The highest BCUT2D eigenvalue weighted by Gasteiger charge is 2.22. The van der Waals surface area contributed by atoms with E-state index in [9.17, 15) is 4.79 Å². The van der Waals surface area contributed by atoms with Crippen LogP contribution in [0.15, 0.2) is 54.6 Å². The van der Waals surface area contributed by atoms with Gasteiger partial charge < -0.3 is 10.1 Å². The van der Waals surface area contributed by atoms with Gasteiger partial charge in [-0.15, -0.1) is 0 Å². The van der Waals surface area contributed by atoms with Gasteiger partial charge >= 0.3 is 0 Å². The molecule has 3 rings (SSSR count). The minimum Gasteiger partial charge on any atom is -0.493 e. The van der Waals surface area contributed by atoms with E-state index in [2.05, 4.69) is 23.5 Å². The molecule has 0 aromatic heterocycles. The van der Waals surface area contributed by atoms with Crippen LogP contribution in [0.4, 0.5) is 0 Å². The molecule has 2 aromatic carbocycles. The summed E-state index contributed by atoms with van der Waals surface area (Å²) in [4.78, 5) is 12.0. The van der Waals surface area contributed by atoms with Crippen molar-refractivity contribution in [3.05, 3.63) is 65.7 Å². The van der Waals surface area contributed by atoms with Gasteiger partial charge in [0.05, 0.1) is 19.1 Å². The lowest BCUT2D eigenvalue weighted by Gasteiger charge is -2.14.